The molecule has 0 saturated heterocycles. The first-order valence-corrected chi connectivity index (χ1v) is 3.34. The molecule has 0 spiro atoms. The van der Waals surface area contributed by atoms with E-state index in [9.17, 15) is 17.3 Å². The molecule has 7 heteroatoms. The summed E-state index contributed by atoms with van der Waals surface area (Å²) in [4.78, 5) is 0. The van der Waals surface area contributed by atoms with E-state index in [0.29, 0.717) is 12.1 Å². The number of benzene rings is 1. The minimum Gasteiger partial charge on any atom is -0.445 e. The Balaban J connectivity index is 0.00000169. The Hall–Kier alpha value is 0.131. The standard InChI is InChI=1S/C7H3BF4N.K/c9-7-2-1-5(4-13)3-6(7)8(10,11)12;/h1-3H;/q-1;+1. The van der Waals surface area contributed by atoms with Gasteiger partial charge in [0.25, 0.3) is 0 Å². The fourth-order valence-electron chi connectivity index (χ4n) is 0.864. The van der Waals surface area contributed by atoms with Crippen LogP contribution in [0.1, 0.15) is 5.56 Å². The number of nitrogens with zero attached hydrogens (tertiary/aromatic N) is 1. The van der Waals surface area contributed by atoms with Crippen LogP contribution in [0.5, 0.6) is 0 Å². The second-order valence-corrected chi connectivity index (χ2v) is 2.42. The maximum Gasteiger partial charge on any atom is 1.00 e. The Labute approximate surface area is 121 Å². The summed E-state index contributed by atoms with van der Waals surface area (Å²) in [6.45, 7) is -5.38. The van der Waals surface area contributed by atoms with Gasteiger partial charge in [-0.05, 0) is 12.1 Å². The summed E-state index contributed by atoms with van der Waals surface area (Å²) < 4.78 is 48.8. The summed E-state index contributed by atoms with van der Waals surface area (Å²) in [6, 6.07) is 3.66. The normalized spacial score (nSPS) is 10.2. The van der Waals surface area contributed by atoms with Crippen LogP contribution in [0.15, 0.2) is 18.2 Å². The van der Waals surface area contributed by atoms with Gasteiger partial charge < -0.3 is 12.9 Å². The SMILES string of the molecule is N#Cc1ccc(F)c([B-](F)(F)F)c1.[K+]. The van der Waals surface area contributed by atoms with Crippen molar-refractivity contribution in [2.75, 3.05) is 0 Å². The van der Waals surface area contributed by atoms with Gasteiger partial charge in [-0.25, -0.2) is 4.39 Å². The molecule has 1 aromatic rings. The number of hydrogen-bond acceptors (Lipinski definition) is 1. The van der Waals surface area contributed by atoms with Crippen LogP contribution in [0, 0.1) is 17.1 Å². The molecule has 0 aliphatic heterocycles. The fourth-order valence-corrected chi connectivity index (χ4v) is 0.864. The summed E-state index contributed by atoms with van der Waals surface area (Å²) in [5.41, 5.74) is -1.55. The van der Waals surface area contributed by atoms with Crippen molar-refractivity contribution in [3.05, 3.63) is 29.6 Å². The predicted octanol–water partition coefficient (Wildman–Crippen LogP) is -1.24. The van der Waals surface area contributed by atoms with Crippen molar-refractivity contribution in [2.24, 2.45) is 0 Å². The van der Waals surface area contributed by atoms with E-state index in [4.69, 9.17) is 5.26 Å². The van der Waals surface area contributed by atoms with E-state index in [1.165, 1.54) is 6.07 Å². The van der Waals surface area contributed by atoms with E-state index in [0.717, 1.165) is 6.07 Å². The quantitative estimate of drug-likeness (QED) is 0.434. The molecule has 0 aromatic heterocycles. The van der Waals surface area contributed by atoms with Gasteiger partial charge in [-0.3, -0.25) is 0 Å². The molecule has 14 heavy (non-hydrogen) atoms. The van der Waals surface area contributed by atoms with Crippen LogP contribution in [0.25, 0.3) is 0 Å². The third-order valence-corrected chi connectivity index (χ3v) is 1.48. The molecule has 0 saturated carbocycles. The van der Waals surface area contributed by atoms with Crippen LogP contribution in [0.3, 0.4) is 0 Å². The molecule has 0 amide bonds. The van der Waals surface area contributed by atoms with Crippen molar-refractivity contribution in [1.82, 2.24) is 0 Å². The molecule has 0 fully saturated rings. The van der Waals surface area contributed by atoms with Crippen LogP contribution in [-0.4, -0.2) is 6.98 Å². The van der Waals surface area contributed by atoms with Gasteiger partial charge >= 0.3 is 58.4 Å². The molecule has 0 bridgehead atoms. The smallest absolute Gasteiger partial charge is 0.445 e. The van der Waals surface area contributed by atoms with Crippen molar-refractivity contribution < 1.29 is 68.7 Å². The van der Waals surface area contributed by atoms with Gasteiger partial charge in [0.1, 0.15) is 0 Å². The zero-order chi connectivity index (χ0) is 10.1. The van der Waals surface area contributed by atoms with Crippen molar-refractivity contribution in [3.8, 4) is 6.07 Å². The minimum atomic E-state index is -5.38. The molecule has 0 heterocycles. The van der Waals surface area contributed by atoms with Gasteiger partial charge in [0.05, 0.1) is 11.9 Å². The monoisotopic (exact) mass is 227 g/mol. The number of nitriles is 1. The van der Waals surface area contributed by atoms with Crippen molar-refractivity contribution >= 4 is 12.4 Å². The largest absolute Gasteiger partial charge is 1.00 e. The van der Waals surface area contributed by atoms with E-state index in [1.807, 2.05) is 0 Å². The zero-order valence-electron chi connectivity index (χ0n) is 7.27. The summed E-state index contributed by atoms with van der Waals surface area (Å²) in [5.74, 6) is -1.34. The number of halogens is 4. The van der Waals surface area contributed by atoms with Gasteiger partial charge in [-0.2, -0.15) is 5.26 Å². The predicted molar refractivity (Wildman–Crippen MR) is 39.8 cm³/mol. The number of hydrogen-bond donors (Lipinski definition) is 0. The molecular formula is C7H3BF4KN. The molecule has 0 unspecified atom stereocenters. The Bertz CT molecular complexity index is 371. The van der Waals surface area contributed by atoms with E-state index < -0.39 is 18.3 Å². The second-order valence-electron chi connectivity index (χ2n) is 2.42. The van der Waals surface area contributed by atoms with Gasteiger partial charge in [0.15, 0.2) is 0 Å². The molecule has 1 rings (SSSR count). The maximum atomic E-state index is 12.6. The summed E-state index contributed by atoms with van der Waals surface area (Å²) in [5, 5.41) is 8.29. The summed E-state index contributed by atoms with van der Waals surface area (Å²) in [7, 11) is 0. The minimum absolute atomic E-state index is 0. The molecule has 0 aliphatic carbocycles. The van der Waals surface area contributed by atoms with E-state index in [1.54, 1.807) is 0 Å². The Morgan fingerprint density at radius 1 is 1.21 bits per heavy atom. The Kier molecular flexibility index (Phi) is 5.33. The third-order valence-electron chi connectivity index (χ3n) is 1.48. The first-order valence-electron chi connectivity index (χ1n) is 3.34. The molecule has 1 aromatic carbocycles. The van der Waals surface area contributed by atoms with Gasteiger partial charge in [0.2, 0.25) is 0 Å². The molecular weight excluding hydrogens is 224 g/mol. The van der Waals surface area contributed by atoms with Gasteiger partial charge in [-0.15, -0.1) is 0 Å². The summed E-state index contributed by atoms with van der Waals surface area (Å²) >= 11 is 0. The first kappa shape index (κ1) is 14.1. The third kappa shape index (κ3) is 3.37. The Morgan fingerprint density at radius 3 is 2.21 bits per heavy atom. The molecule has 68 valence electrons. The number of rotatable bonds is 1. The molecule has 0 N–H and O–H groups in total. The average molecular weight is 227 g/mol. The molecule has 0 atom stereocenters. The first-order chi connectivity index (χ1) is 5.95. The molecule has 0 aliphatic rings. The second kappa shape index (κ2) is 5.28. The maximum absolute atomic E-state index is 12.6. The topological polar surface area (TPSA) is 23.8 Å². The zero-order valence-corrected chi connectivity index (χ0v) is 10.4. The van der Waals surface area contributed by atoms with Crippen LogP contribution in [0.4, 0.5) is 17.3 Å². The fraction of sp³-hybridized carbons (Fsp3) is 0. The van der Waals surface area contributed by atoms with Crippen LogP contribution in [-0.2, 0) is 0 Å². The van der Waals surface area contributed by atoms with Crippen LogP contribution in [0.2, 0.25) is 0 Å². The van der Waals surface area contributed by atoms with Crippen LogP contribution >= 0.6 is 0 Å². The average Bonchev–Trinajstić information content (AvgIpc) is 2.03. The Morgan fingerprint density at radius 2 is 1.79 bits per heavy atom. The van der Waals surface area contributed by atoms with E-state index >= 15 is 0 Å². The van der Waals surface area contributed by atoms with Crippen molar-refractivity contribution in [2.45, 2.75) is 0 Å². The van der Waals surface area contributed by atoms with Crippen LogP contribution < -0.4 is 56.8 Å². The molecule has 0 radical (unpaired) electrons. The van der Waals surface area contributed by atoms with Crippen molar-refractivity contribution in [1.29, 1.82) is 5.26 Å². The van der Waals surface area contributed by atoms with Crippen molar-refractivity contribution in [3.63, 3.8) is 0 Å². The van der Waals surface area contributed by atoms with E-state index in [-0.39, 0.29) is 56.9 Å². The van der Waals surface area contributed by atoms with Gasteiger partial charge in [0, 0.05) is 5.56 Å². The van der Waals surface area contributed by atoms with E-state index in [2.05, 4.69) is 0 Å². The van der Waals surface area contributed by atoms with Gasteiger partial charge in [-0.1, -0.05) is 11.5 Å². The summed E-state index contributed by atoms with van der Waals surface area (Å²) in [6.07, 6.45) is 0. The molecule has 1 nitrogen and oxygen atoms in total.